The summed E-state index contributed by atoms with van der Waals surface area (Å²) in [6.07, 6.45) is 4.66. The molecule has 3 N–H and O–H groups in total. The minimum Gasteiger partial charge on any atom is -0.469 e. The van der Waals surface area contributed by atoms with Crippen molar-refractivity contribution in [2.45, 2.75) is 25.9 Å². The lowest BCUT2D eigenvalue weighted by Gasteiger charge is -2.11. The van der Waals surface area contributed by atoms with Gasteiger partial charge in [0.1, 0.15) is 18.2 Å². The minimum atomic E-state index is -0.0170. The van der Waals surface area contributed by atoms with Gasteiger partial charge >= 0.3 is 0 Å². The van der Waals surface area contributed by atoms with Gasteiger partial charge in [0.05, 0.1) is 11.8 Å². The number of fused-ring (bicyclic) bond motifs is 1. The molecule has 1 aliphatic rings. The normalized spacial score (nSPS) is 13.3. The van der Waals surface area contributed by atoms with Crippen LogP contribution >= 0.6 is 0 Å². The molecule has 5 heteroatoms. The van der Waals surface area contributed by atoms with Crippen molar-refractivity contribution < 1.29 is 9.15 Å². The van der Waals surface area contributed by atoms with Gasteiger partial charge in [-0.2, -0.15) is 0 Å². The zero-order valence-corrected chi connectivity index (χ0v) is 10.5. The summed E-state index contributed by atoms with van der Waals surface area (Å²) in [5.41, 5.74) is 8.39. The van der Waals surface area contributed by atoms with Crippen molar-refractivity contribution >= 4 is 5.84 Å². The number of pyridine rings is 1. The third kappa shape index (κ3) is 2.31. The minimum absolute atomic E-state index is 0.0170. The molecule has 0 amide bonds. The highest BCUT2D eigenvalue weighted by atomic mass is 16.5. The van der Waals surface area contributed by atoms with E-state index in [0.717, 1.165) is 30.7 Å². The lowest BCUT2D eigenvalue weighted by molar-refractivity contribution is 0.259. The number of nitrogen functional groups attached to an aromatic ring is 1. The Balaban J connectivity index is 1.88. The largest absolute Gasteiger partial charge is 0.469 e. The number of rotatable bonds is 4. The highest BCUT2D eigenvalue weighted by Gasteiger charge is 2.18. The van der Waals surface area contributed by atoms with Crippen LogP contribution in [0.4, 0.5) is 0 Å². The van der Waals surface area contributed by atoms with E-state index in [1.165, 1.54) is 5.56 Å². The molecular weight excluding hydrogens is 242 g/mol. The van der Waals surface area contributed by atoms with E-state index in [0.29, 0.717) is 18.1 Å². The predicted molar refractivity (Wildman–Crippen MR) is 70.3 cm³/mol. The molecule has 0 unspecified atom stereocenters. The average molecular weight is 257 g/mol. The van der Waals surface area contributed by atoms with E-state index in [1.54, 1.807) is 12.3 Å². The number of hydrogen-bond acceptors (Lipinski definition) is 4. The fourth-order valence-electron chi connectivity index (χ4n) is 2.29. The van der Waals surface area contributed by atoms with Crippen LogP contribution in [-0.2, 0) is 19.4 Å². The van der Waals surface area contributed by atoms with Gasteiger partial charge in [-0.1, -0.05) is 0 Å². The Kier molecular flexibility index (Phi) is 2.95. The molecular formula is C14H15N3O2. The van der Waals surface area contributed by atoms with Gasteiger partial charge in [-0.15, -0.1) is 0 Å². The number of aryl methyl sites for hydroxylation is 2. The van der Waals surface area contributed by atoms with Gasteiger partial charge in [0.2, 0.25) is 5.88 Å². The van der Waals surface area contributed by atoms with Crippen LogP contribution in [0.15, 0.2) is 28.9 Å². The van der Waals surface area contributed by atoms with E-state index in [2.05, 4.69) is 4.98 Å². The monoisotopic (exact) mass is 257 g/mol. The van der Waals surface area contributed by atoms with Crippen molar-refractivity contribution in [3.8, 4) is 5.88 Å². The van der Waals surface area contributed by atoms with Crippen LogP contribution in [-0.4, -0.2) is 10.8 Å². The summed E-state index contributed by atoms with van der Waals surface area (Å²) in [5.74, 6) is 1.12. The number of furan rings is 1. The fraction of sp³-hybridized carbons (Fsp3) is 0.286. The van der Waals surface area contributed by atoms with Crippen molar-refractivity contribution in [1.29, 1.82) is 5.41 Å². The van der Waals surface area contributed by atoms with Gasteiger partial charge in [0.15, 0.2) is 0 Å². The molecule has 0 atom stereocenters. The molecule has 0 radical (unpaired) electrons. The molecule has 2 aromatic heterocycles. The van der Waals surface area contributed by atoms with E-state index in [1.807, 2.05) is 12.1 Å². The smallest absolute Gasteiger partial charge is 0.225 e. The van der Waals surface area contributed by atoms with Crippen LogP contribution in [0.25, 0.3) is 0 Å². The van der Waals surface area contributed by atoms with Crippen LogP contribution in [0.5, 0.6) is 5.88 Å². The second-order valence-electron chi connectivity index (χ2n) is 4.58. The maximum absolute atomic E-state index is 7.63. The molecule has 0 saturated heterocycles. The SMILES string of the molecule is N=C(N)c1cc2c(nc1OCc1ccco1)CCC2. The Morgan fingerprint density at radius 1 is 1.47 bits per heavy atom. The quantitative estimate of drug-likeness (QED) is 0.648. The van der Waals surface area contributed by atoms with Crippen LogP contribution < -0.4 is 10.5 Å². The molecule has 0 fully saturated rings. The number of nitrogens with two attached hydrogens (primary N) is 1. The van der Waals surface area contributed by atoms with Gasteiger partial charge in [-0.05, 0) is 43.0 Å². The Morgan fingerprint density at radius 3 is 3.11 bits per heavy atom. The lowest BCUT2D eigenvalue weighted by atomic mass is 10.1. The summed E-state index contributed by atoms with van der Waals surface area (Å²) in [4.78, 5) is 4.49. The molecule has 0 aliphatic heterocycles. The highest BCUT2D eigenvalue weighted by Crippen LogP contribution is 2.26. The zero-order valence-electron chi connectivity index (χ0n) is 10.5. The molecule has 0 aromatic carbocycles. The summed E-state index contributed by atoms with van der Waals surface area (Å²) in [5, 5.41) is 7.63. The third-order valence-electron chi connectivity index (χ3n) is 3.24. The number of aromatic nitrogens is 1. The molecule has 98 valence electrons. The number of hydrogen-bond donors (Lipinski definition) is 2. The molecule has 2 aromatic rings. The molecule has 0 spiro atoms. The van der Waals surface area contributed by atoms with Crippen LogP contribution in [0, 0.1) is 5.41 Å². The van der Waals surface area contributed by atoms with Crippen LogP contribution in [0.1, 0.15) is 29.0 Å². The fourth-order valence-corrected chi connectivity index (χ4v) is 2.29. The molecule has 0 saturated carbocycles. The van der Waals surface area contributed by atoms with Gasteiger partial charge in [-0.25, -0.2) is 4.98 Å². The summed E-state index contributed by atoms with van der Waals surface area (Å²) in [6.45, 7) is 0.291. The summed E-state index contributed by atoms with van der Waals surface area (Å²) >= 11 is 0. The summed E-state index contributed by atoms with van der Waals surface area (Å²) in [6, 6.07) is 5.57. The maximum atomic E-state index is 7.63. The van der Waals surface area contributed by atoms with E-state index < -0.39 is 0 Å². The van der Waals surface area contributed by atoms with Crippen molar-refractivity contribution in [2.24, 2.45) is 5.73 Å². The average Bonchev–Trinajstić information content (AvgIpc) is 3.05. The molecule has 5 nitrogen and oxygen atoms in total. The van der Waals surface area contributed by atoms with E-state index in [9.17, 15) is 0 Å². The second kappa shape index (κ2) is 4.76. The highest BCUT2D eigenvalue weighted by molar-refractivity contribution is 5.97. The lowest BCUT2D eigenvalue weighted by Crippen LogP contribution is -2.15. The number of nitrogens with zero attached hydrogens (tertiary/aromatic N) is 1. The first-order chi connectivity index (χ1) is 9.24. The van der Waals surface area contributed by atoms with E-state index in [4.69, 9.17) is 20.3 Å². The number of ether oxygens (including phenoxy) is 1. The zero-order chi connectivity index (χ0) is 13.2. The number of amidine groups is 1. The molecule has 19 heavy (non-hydrogen) atoms. The van der Waals surface area contributed by atoms with Crippen molar-refractivity contribution in [3.63, 3.8) is 0 Å². The van der Waals surface area contributed by atoms with Crippen molar-refractivity contribution in [2.75, 3.05) is 0 Å². The van der Waals surface area contributed by atoms with Gasteiger partial charge < -0.3 is 14.9 Å². The summed E-state index contributed by atoms with van der Waals surface area (Å²) in [7, 11) is 0. The first-order valence-electron chi connectivity index (χ1n) is 6.26. The predicted octanol–water partition coefficient (Wildman–Crippen LogP) is 2.03. The Morgan fingerprint density at radius 2 is 2.37 bits per heavy atom. The van der Waals surface area contributed by atoms with E-state index >= 15 is 0 Å². The van der Waals surface area contributed by atoms with Crippen LogP contribution in [0.3, 0.4) is 0 Å². The summed E-state index contributed by atoms with van der Waals surface area (Å²) < 4.78 is 10.9. The van der Waals surface area contributed by atoms with E-state index in [-0.39, 0.29) is 5.84 Å². The molecule has 0 bridgehead atoms. The maximum Gasteiger partial charge on any atom is 0.225 e. The standard InChI is InChI=1S/C14H15N3O2/c15-13(16)11-7-9-3-1-5-12(9)17-14(11)19-8-10-4-2-6-18-10/h2,4,6-7H,1,3,5,8H2,(H3,15,16). The van der Waals surface area contributed by atoms with Gasteiger partial charge in [-0.3, -0.25) is 5.41 Å². The molecule has 3 rings (SSSR count). The third-order valence-corrected chi connectivity index (χ3v) is 3.24. The van der Waals surface area contributed by atoms with Crippen molar-refractivity contribution in [1.82, 2.24) is 4.98 Å². The van der Waals surface area contributed by atoms with Crippen LogP contribution in [0.2, 0.25) is 0 Å². The first kappa shape index (κ1) is 11.8. The number of nitrogens with one attached hydrogen (secondary N) is 1. The van der Waals surface area contributed by atoms with Crippen molar-refractivity contribution in [3.05, 3.63) is 47.0 Å². The first-order valence-corrected chi connectivity index (χ1v) is 6.26. The Labute approximate surface area is 110 Å². The molecule has 2 heterocycles. The Bertz CT molecular complexity index is 605. The van der Waals surface area contributed by atoms with Gasteiger partial charge in [0, 0.05) is 5.69 Å². The van der Waals surface area contributed by atoms with Gasteiger partial charge in [0.25, 0.3) is 0 Å². The second-order valence-corrected chi connectivity index (χ2v) is 4.58. The topological polar surface area (TPSA) is 85.1 Å². The Hall–Kier alpha value is -2.30. The molecule has 1 aliphatic carbocycles.